The fraction of sp³-hybridized carbons (Fsp3) is 0.350. The van der Waals surface area contributed by atoms with Crippen molar-refractivity contribution in [3.8, 4) is 16.9 Å². The van der Waals surface area contributed by atoms with Crippen molar-refractivity contribution in [3.63, 3.8) is 0 Å². The average Bonchev–Trinajstić information content (AvgIpc) is 2.91. The maximum atomic E-state index is 11.1. The van der Waals surface area contributed by atoms with Gasteiger partial charge in [0.2, 0.25) is 0 Å². The molecule has 0 amide bonds. The van der Waals surface area contributed by atoms with Gasteiger partial charge in [-0.2, -0.15) is 0 Å². The van der Waals surface area contributed by atoms with Gasteiger partial charge >= 0.3 is 5.97 Å². The highest BCUT2D eigenvalue weighted by Crippen LogP contribution is 2.38. The van der Waals surface area contributed by atoms with Crippen molar-refractivity contribution in [2.45, 2.75) is 39.0 Å². The first kappa shape index (κ1) is 15.6. The number of carboxylic acid groups (broad SMARTS) is 1. The summed E-state index contributed by atoms with van der Waals surface area (Å²) < 4.78 is 5.84. The van der Waals surface area contributed by atoms with E-state index in [1.807, 2.05) is 12.1 Å². The van der Waals surface area contributed by atoms with Gasteiger partial charge in [0.1, 0.15) is 5.75 Å². The Hall–Kier alpha value is -2.29. The second-order valence-electron chi connectivity index (χ2n) is 6.08. The Labute approximate surface area is 136 Å². The molecule has 0 aliphatic heterocycles. The van der Waals surface area contributed by atoms with Crippen LogP contribution in [0.5, 0.6) is 5.75 Å². The molecular formula is C20H22O3. The van der Waals surface area contributed by atoms with Crippen LogP contribution in [0.15, 0.2) is 36.4 Å². The molecule has 0 saturated carbocycles. The topological polar surface area (TPSA) is 46.5 Å². The molecule has 1 N–H and O–H groups in total. The molecule has 0 heterocycles. The molecule has 0 aromatic heterocycles. The summed E-state index contributed by atoms with van der Waals surface area (Å²) in [5.41, 5.74) is 4.98. The summed E-state index contributed by atoms with van der Waals surface area (Å²) in [6.45, 7) is 2.96. The lowest BCUT2D eigenvalue weighted by Crippen LogP contribution is -1.97. The molecule has 3 heteroatoms. The van der Waals surface area contributed by atoms with Crippen molar-refractivity contribution in [1.29, 1.82) is 0 Å². The molecule has 0 atom stereocenters. The number of hydrogen-bond donors (Lipinski definition) is 1. The van der Waals surface area contributed by atoms with Crippen LogP contribution in [0.3, 0.4) is 0 Å². The zero-order chi connectivity index (χ0) is 16.2. The number of carboxylic acids is 1. The summed E-state index contributed by atoms with van der Waals surface area (Å²) >= 11 is 0. The number of carbonyl (C=O) groups is 1. The normalized spacial score (nSPS) is 11.9. The predicted molar refractivity (Wildman–Crippen MR) is 91.3 cm³/mol. The molecule has 23 heavy (non-hydrogen) atoms. The molecule has 1 aliphatic rings. The predicted octanol–water partition coefficient (Wildman–Crippen LogP) is 4.92. The monoisotopic (exact) mass is 310 g/mol. The zero-order valence-corrected chi connectivity index (χ0v) is 13.5. The lowest BCUT2D eigenvalue weighted by molar-refractivity contribution is 0.0697. The summed E-state index contributed by atoms with van der Waals surface area (Å²) in [4.78, 5) is 11.1. The first-order chi connectivity index (χ1) is 11.2. The standard InChI is InChI=1S/C20H22O3/c1-2-3-4-5-10-23-17-7-9-19-16(13-17)12-15-11-14(20(21)22)6-8-18(15)19/h6-9,11,13H,2-5,10,12H2,1H3,(H,21,22). The Morgan fingerprint density at radius 1 is 1.04 bits per heavy atom. The summed E-state index contributed by atoms with van der Waals surface area (Å²) in [5, 5.41) is 9.12. The van der Waals surface area contributed by atoms with Crippen LogP contribution in [0.4, 0.5) is 0 Å². The SMILES string of the molecule is CCCCCCOc1ccc2c(c1)Cc1cc(C(=O)O)ccc1-2. The molecule has 0 bridgehead atoms. The van der Waals surface area contributed by atoms with E-state index in [4.69, 9.17) is 9.84 Å². The first-order valence-corrected chi connectivity index (χ1v) is 8.31. The summed E-state index contributed by atoms with van der Waals surface area (Å²) in [5.74, 6) is 0.0337. The molecule has 0 fully saturated rings. The third-order valence-electron chi connectivity index (χ3n) is 4.37. The lowest BCUT2D eigenvalue weighted by Gasteiger charge is -2.08. The van der Waals surface area contributed by atoms with Gasteiger partial charge in [0.05, 0.1) is 12.2 Å². The number of fused-ring (bicyclic) bond motifs is 3. The molecule has 2 aromatic rings. The van der Waals surface area contributed by atoms with Gasteiger partial charge in [0.15, 0.2) is 0 Å². The maximum absolute atomic E-state index is 11.1. The van der Waals surface area contributed by atoms with Crippen LogP contribution in [0.2, 0.25) is 0 Å². The van der Waals surface area contributed by atoms with Crippen molar-refractivity contribution in [1.82, 2.24) is 0 Å². The highest BCUT2D eigenvalue weighted by Gasteiger charge is 2.20. The van der Waals surface area contributed by atoms with Crippen molar-refractivity contribution in [2.75, 3.05) is 6.61 Å². The first-order valence-electron chi connectivity index (χ1n) is 8.31. The van der Waals surface area contributed by atoms with Crippen LogP contribution in [0.1, 0.15) is 54.1 Å². The Kier molecular flexibility index (Phi) is 4.65. The van der Waals surface area contributed by atoms with Crippen molar-refractivity contribution < 1.29 is 14.6 Å². The van der Waals surface area contributed by atoms with Crippen LogP contribution < -0.4 is 4.74 Å². The van der Waals surface area contributed by atoms with Crippen LogP contribution in [0.25, 0.3) is 11.1 Å². The molecule has 0 unspecified atom stereocenters. The van der Waals surface area contributed by atoms with Crippen molar-refractivity contribution >= 4 is 5.97 Å². The van der Waals surface area contributed by atoms with Gasteiger partial charge in [0, 0.05) is 0 Å². The minimum Gasteiger partial charge on any atom is -0.494 e. The summed E-state index contributed by atoms with van der Waals surface area (Å²) in [7, 11) is 0. The lowest BCUT2D eigenvalue weighted by atomic mass is 10.0. The fourth-order valence-corrected chi connectivity index (χ4v) is 3.13. The minimum absolute atomic E-state index is 0.351. The highest BCUT2D eigenvalue weighted by atomic mass is 16.5. The van der Waals surface area contributed by atoms with Gasteiger partial charge in [0.25, 0.3) is 0 Å². The van der Waals surface area contributed by atoms with Crippen molar-refractivity contribution in [2.24, 2.45) is 0 Å². The fourth-order valence-electron chi connectivity index (χ4n) is 3.13. The van der Waals surface area contributed by atoms with Gasteiger partial charge < -0.3 is 9.84 Å². The number of unbranched alkanes of at least 4 members (excludes halogenated alkanes) is 3. The minimum atomic E-state index is -0.875. The Balaban J connectivity index is 1.70. The highest BCUT2D eigenvalue weighted by molar-refractivity contribution is 5.90. The third kappa shape index (κ3) is 3.39. The molecule has 2 aromatic carbocycles. The smallest absolute Gasteiger partial charge is 0.335 e. The third-order valence-corrected chi connectivity index (χ3v) is 4.37. The molecule has 3 nitrogen and oxygen atoms in total. The zero-order valence-electron chi connectivity index (χ0n) is 13.5. The second kappa shape index (κ2) is 6.86. The van der Waals surface area contributed by atoms with Crippen LogP contribution in [-0.4, -0.2) is 17.7 Å². The molecule has 0 spiro atoms. The number of hydrogen-bond acceptors (Lipinski definition) is 2. The molecule has 3 rings (SSSR count). The van der Waals surface area contributed by atoms with Crippen molar-refractivity contribution in [3.05, 3.63) is 53.1 Å². The average molecular weight is 310 g/mol. The molecule has 1 aliphatic carbocycles. The van der Waals surface area contributed by atoms with Gasteiger partial charge in [-0.3, -0.25) is 0 Å². The van der Waals surface area contributed by atoms with Gasteiger partial charge in [-0.25, -0.2) is 4.79 Å². The number of benzene rings is 2. The van der Waals surface area contributed by atoms with E-state index < -0.39 is 5.97 Å². The Morgan fingerprint density at radius 2 is 1.78 bits per heavy atom. The number of ether oxygens (including phenoxy) is 1. The van der Waals surface area contributed by atoms with E-state index in [0.717, 1.165) is 36.3 Å². The van der Waals surface area contributed by atoms with Crippen LogP contribution in [-0.2, 0) is 6.42 Å². The molecule has 0 saturated heterocycles. The molecule has 120 valence electrons. The van der Waals surface area contributed by atoms with E-state index in [1.54, 1.807) is 12.1 Å². The van der Waals surface area contributed by atoms with Crippen LogP contribution >= 0.6 is 0 Å². The number of rotatable bonds is 7. The largest absolute Gasteiger partial charge is 0.494 e. The van der Waals surface area contributed by atoms with Gasteiger partial charge in [-0.1, -0.05) is 38.3 Å². The molecular weight excluding hydrogens is 288 g/mol. The van der Waals surface area contributed by atoms with E-state index in [-0.39, 0.29) is 0 Å². The van der Waals surface area contributed by atoms with Crippen LogP contribution in [0, 0.1) is 0 Å². The Bertz CT molecular complexity index is 719. The van der Waals surface area contributed by atoms with E-state index >= 15 is 0 Å². The molecule has 0 radical (unpaired) electrons. The quantitative estimate of drug-likeness (QED) is 0.630. The van der Waals surface area contributed by atoms with Gasteiger partial charge in [-0.15, -0.1) is 0 Å². The van der Waals surface area contributed by atoms with E-state index in [9.17, 15) is 4.79 Å². The maximum Gasteiger partial charge on any atom is 0.335 e. The second-order valence-corrected chi connectivity index (χ2v) is 6.08. The van der Waals surface area contributed by atoms with E-state index in [2.05, 4.69) is 19.1 Å². The summed E-state index contributed by atoms with van der Waals surface area (Å²) in [6, 6.07) is 11.6. The van der Waals surface area contributed by atoms with E-state index in [0.29, 0.717) is 5.56 Å². The summed E-state index contributed by atoms with van der Waals surface area (Å²) in [6.07, 6.45) is 5.57. The van der Waals surface area contributed by atoms with Gasteiger partial charge in [-0.05, 0) is 59.4 Å². The van der Waals surface area contributed by atoms with E-state index in [1.165, 1.54) is 30.4 Å². The Morgan fingerprint density at radius 3 is 2.52 bits per heavy atom. The number of aromatic carboxylic acids is 1.